The number of amides is 1. The standard InChI is InChI=1S/C25H19I3N2O2/c1-16(19-5-3-2-4-6-19)30-25(31)20(14-29)11-18-12-22(27)24(23(28)13-18)32-15-17-7-9-21(26)10-8-17/h2-13,16H,15H2,1H3,(H,30,31)/b20-11-/t16-/m1/s1. The number of rotatable bonds is 7. The highest BCUT2D eigenvalue weighted by atomic mass is 127. The lowest BCUT2D eigenvalue weighted by atomic mass is 10.1. The molecule has 0 aliphatic rings. The summed E-state index contributed by atoms with van der Waals surface area (Å²) >= 11 is 6.72. The van der Waals surface area contributed by atoms with E-state index in [4.69, 9.17) is 4.74 Å². The fraction of sp³-hybridized carbons (Fsp3) is 0.120. The number of ether oxygens (including phenoxy) is 1. The minimum atomic E-state index is -0.395. The quantitative estimate of drug-likeness (QED) is 0.163. The van der Waals surface area contributed by atoms with Crippen molar-refractivity contribution in [3.63, 3.8) is 0 Å². The smallest absolute Gasteiger partial charge is 0.262 e. The summed E-state index contributed by atoms with van der Waals surface area (Å²) in [5.41, 5.74) is 2.92. The molecule has 0 saturated carbocycles. The van der Waals surface area contributed by atoms with E-state index < -0.39 is 5.91 Å². The number of hydrogen-bond donors (Lipinski definition) is 1. The van der Waals surface area contributed by atoms with Gasteiger partial charge in [0.05, 0.1) is 13.2 Å². The molecule has 0 saturated heterocycles. The van der Waals surface area contributed by atoms with E-state index in [1.807, 2.05) is 67.6 Å². The van der Waals surface area contributed by atoms with Gasteiger partial charge in [0.2, 0.25) is 0 Å². The minimum Gasteiger partial charge on any atom is -0.487 e. The van der Waals surface area contributed by atoms with Crippen LogP contribution in [0.3, 0.4) is 0 Å². The van der Waals surface area contributed by atoms with E-state index in [1.54, 1.807) is 6.08 Å². The highest BCUT2D eigenvalue weighted by Gasteiger charge is 2.15. The summed E-state index contributed by atoms with van der Waals surface area (Å²) in [5.74, 6) is 0.399. The summed E-state index contributed by atoms with van der Waals surface area (Å²) in [5, 5.41) is 12.4. The first-order valence-electron chi connectivity index (χ1n) is 9.71. The number of nitriles is 1. The van der Waals surface area contributed by atoms with E-state index in [2.05, 4.69) is 85.2 Å². The van der Waals surface area contributed by atoms with Crippen molar-refractivity contribution < 1.29 is 9.53 Å². The first-order chi connectivity index (χ1) is 15.4. The Morgan fingerprint density at radius 3 is 2.28 bits per heavy atom. The van der Waals surface area contributed by atoms with Gasteiger partial charge in [-0.25, -0.2) is 0 Å². The van der Waals surface area contributed by atoms with Crippen LogP contribution in [0.25, 0.3) is 6.08 Å². The zero-order valence-corrected chi connectivity index (χ0v) is 23.6. The third kappa shape index (κ3) is 6.92. The predicted octanol–water partition coefficient (Wildman–Crippen LogP) is 6.86. The Balaban J connectivity index is 1.74. The van der Waals surface area contributed by atoms with E-state index in [0.717, 1.165) is 29.6 Å². The van der Waals surface area contributed by atoms with E-state index in [-0.39, 0.29) is 11.6 Å². The van der Waals surface area contributed by atoms with Crippen molar-refractivity contribution in [2.75, 3.05) is 0 Å². The third-order valence-corrected chi connectivity index (χ3v) is 6.96. The Kier molecular flexibility index (Phi) is 9.36. The topological polar surface area (TPSA) is 62.1 Å². The Labute approximate surface area is 228 Å². The second-order valence-corrected chi connectivity index (χ2v) is 10.6. The molecule has 0 unspecified atom stereocenters. The van der Waals surface area contributed by atoms with E-state index in [1.165, 1.54) is 3.57 Å². The summed E-state index contributed by atoms with van der Waals surface area (Å²) in [6.45, 7) is 2.37. The first-order valence-corrected chi connectivity index (χ1v) is 12.9. The summed E-state index contributed by atoms with van der Waals surface area (Å²) in [6.07, 6.45) is 1.61. The van der Waals surface area contributed by atoms with Crippen LogP contribution in [-0.2, 0) is 11.4 Å². The molecule has 0 aliphatic carbocycles. The molecule has 7 heteroatoms. The zero-order chi connectivity index (χ0) is 23.1. The first kappa shape index (κ1) is 25.0. The number of halogens is 3. The molecule has 3 aromatic rings. The maximum absolute atomic E-state index is 12.7. The van der Waals surface area contributed by atoms with E-state index in [9.17, 15) is 10.1 Å². The lowest BCUT2D eigenvalue weighted by Gasteiger charge is -2.14. The van der Waals surface area contributed by atoms with Gasteiger partial charge in [-0.05, 0) is 122 Å². The molecular formula is C25H19I3N2O2. The molecule has 0 bridgehead atoms. The molecule has 1 atom stereocenters. The van der Waals surface area contributed by atoms with Gasteiger partial charge in [-0.2, -0.15) is 5.26 Å². The van der Waals surface area contributed by atoms with Crippen LogP contribution in [0.1, 0.15) is 29.7 Å². The van der Waals surface area contributed by atoms with Gasteiger partial charge in [-0.3, -0.25) is 4.79 Å². The highest BCUT2D eigenvalue weighted by Crippen LogP contribution is 2.30. The summed E-state index contributed by atoms with van der Waals surface area (Å²) in [6, 6.07) is 23.5. The Hall–Kier alpha value is -1.65. The van der Waals surface area contributed by atoms with Crippen LogP contribution < -0.4 is 10.1 Å². The Morgan fingerprint density at radius 2 is 1.69 bits per heavy atom. The largest absolute Gasteiger partial charge is 0.487 e. The van der Waals surface area contributed by atoms with Gasteiger partial charge >= 0.3 is 0 Å². The number of nitrogens with one attached hydrogen (secondary N) is 1. The van der Waals surface area contributed by atoms with Gasteiger partial charge < -0.3 is 10.1 Å². The van der Waals surface area contributed by atoms with Crippen LogP contribution in [0.15, 0.2) is 72.3 Å². The second kappa shape index (κ2) is 12.0. The van der Waals surface area contributed by atoms with Crippen LogP contribution in [0.5, 0.6) is 5.75 Å². The molecule has 0 heterocycles. The van der Waals surface area contributed by atoms with E-state index >= 15 is 0 Å². The summed E-state index contributed by atoms with van der Waals surface area (Å²) in [4.78, 5) is 12.7. The van der Waals surface area contributed by atoms with Gasteiger partial charge in [-0.1, -0.05) is 42.5 Å². The Morgan fingerprint density at radius 1 is 1.06 bits per heavy atom. The monoisotopic (exact) mass is 760 g/mol. The number of benzene rings is 3. The molecule has 32 heavy (non-hydrogen) atoms. The van der Waals surface area contributed by atoms with Crippen molar-refractivity contribution in [2.45, 2.75) is 19.6 Å². The van der Waals surface area contributed by atoms with Crippen molar-refractivity contribution in [2.24, 2.45) is 0 Å². The van der Waals surface area contributed by atoms with Gasteiger partial charge in [0.25, 0.3) is 5.91 Å². The van der Waals surface area contributed by atoms with Crippen molar-refractivity contribution in [3.8, 4) is 11.8 Å². The average molecular weight is 760 g/mol. The van der Waals surface area contributed by atoms with Crippen molar-refractivity contribution >= 4 is 79.8 Å². The Bertz CT molecular complexity index is 1150. The zero-order valence-electron chi connectivity index (χ0n) is 17.1. The van der Waals surface area contributed by atoms with Crippen molar-refractivity contribution in [1.29, 1.82) is 5.26 Å². The number of nitrogens with zero attached hydrogens (tertiary/aromatic N) is 1. The lowest BCUT2D eigenvalue weighted by molar-refractivity contribution is -0.117. The molecule has 162 valence electrons. The van der Waals surface area contributed by atoms with Crippen LogP contribution >= 0.6 is 67.8 Å². The minimum absolute atomic E-state index is 0.0620. The number of hydrogen-bond acceptors (Lipinski definition) is 3. The maximum Gasteiger partial charge on any atom is 0.262 e. The van der Waals surface area contributed by atoms with Crippen LogP contribution in [0.4, 0.5) is 0 Å². The molecule has 0 spiro atoms. The molecule has 3 rings (SSSR count). The number of carbonyl (C=O) groups excluding carboxylic acids is 1. The molecule has 0 aliphatic heterocycles. The molecule has 1 amide bonds. The van der Waals surface area contributed by atoms with Crippen LogP contribution in [-0.4, -0.2) is 5.91 Å². The number of carbonyl (C=O) groups is 1. The van der Waals surface area contributed by atoms with Crippen molar-refractivity contribution in [1.82, 2.24) is 5.32 Å². The molecule has 1 N–H and O–H groups in total. The maximum atomic E-state index is 12.7. The van der Waals surface area contributed by atoms with Gasteiger partial charge in [0.1, 0.15) is 24.0 Å². The lowest BCUT2D eigenvalue weighted by Crippen LogP contribution is -2.27. The van der Waals surface area contributed by atoms with Crippen molar-refractivity contribution in [3.05, 3.63) is 99.7 Å². The molecular weight excluding hydrogens is 741 g/mol. The molecule has 0 radical (unpaired) electrons. The average Bonchev–Trinajstić information content (AvgIpc) is 2.78. The predicted molar refractivity (Wildman–Crippen MR) is 152 cm³/mol. The molecule has 0 fully saturated rings. The summed E-state index contributed by atoms with van der Waals surface area (Å²) in [7, 11) is 0. The van der Waals surface area contributed by atoms with Crippen LogP contribution in [0.2, 0.25) is 0 Å². The van der Waals surface area contributed by atoms with Gasteiger partial charge in [0, 0.05) is 3.57 Å². The van der Waals surface area contributed by atoms with Gasteiger partial charge in [-0.15, -0.1) is 0 Å². The highest BCUT2D eigenvalue weighted by molar-refractivity contribution is 14.1. The fourth-order valence-electron chi connectivity index (χ4n) is 2.95. The van der Waals surface area contributed by atoms with E-state index in [0.29, 0.717) is 6.61 Å². The third-order valence-electron chi connectivity index (χ3n) is 4.64. The van der Waals surface area contributed by atoms with Crippen LogP contribution in [0, 0.1) is 22.0 Å². The second-order valence-electron chi connectivity index (χ2n) is 7.00. The van der Waals surface area contributed by atoms with Gasteiger partial charge in [0.15, 0.2) is 0 Å². The molecule has 3 aromatic carbocycles. The fourth-order valence-corrected chi connectivity index (χ4v) is 5.44. The molecule has 4 nitrogen and oxygen atoms in total. The molecule has 0 aromatic heterocycles. The summed E-state index contributed by atoms with van der Waals surface area (Å²) < 4.78 is 9.07. The normalized spacial score (nSPS) is 12.0. The SMILES string of the molecule is C[C@@H](NC(=O)/C(C#N)=C\c1cc(I)c(OCc2ccc(I)cc2)c(I)c1)c1ccccc1.